The summed E-state index contributed by atoms with van der Waals surface area (Å²) in [6.07, 6.45) is -0.305. The number of para-hydroxylation sites is 1. The third kappa shape index (κ3) is 5.18. The molecule has 0 saturated heterocycles. The minimum Gasteiger partial charge on any atom is -0.482 e. The Morgan fingerprint density at radius 2 is 2.00 bits per heavy atom. The van der Waals surface area contributed by atoms with Gasteiger partial charge in [-0.3, -0.25) is 4.79 Å². The zero-order valence-electron chi connectivity index (χ0n) is 17.5. The average molecular weight is 429 g/mol. The van der Waals surface area contributed by atoms with Gasteiger partial charge >= 0.3 is 0 Å². The van der Waals surface area contributed by atoms with Gasteiger partial charge in [-0.05, 0) is 51.5 Å². The van der Waals surface area contributed by atoms with Gasteiger partial charge in [0.1, 0.15) is 11.6 Å². The van der Waals surface area contributed by atoms with E-state index >= 15 is 0 Å². The lowest BCUT2D eigenvalue weighted by atomic mass is 10.1. The molecule has 1 unspecified atom stereocenters. The molecule has 30 heavy (non-hydrogen) atoms. The molecule has 8 heteroatoms. The largest absolute Gasteiger partial charge is 0.482 e. The van der Waals surface area contributed by atoms with Crippen molar-refractivity contribution in [2.45, 2.75) is 45.5 Å². The predicted molar refractivity (Wildman–Crippen MR) is 116 cm³/mol. The molecule has 0 aliphatic heterocycles. The molecule has 1 aromatic heterocycles. The van der Waals surface area contributed by atoms with Crippen molar-refractivity contribution in [1.82, 2.24) is 14.8 Å². The molecule has 0 aliphatic rings. The molecule has 1 N–H and O–H groups in total. The predicted octanol–water partition coefficient (Wildman–Crippen LogP) is 4.92. The van der Waals surface area contributed by atoms with Gasteiger partial charge in [0.25, 0.3) is 0 Å². The first-order chi connectivity index (χ1) is 14.4. The third-order valence-electron chi connectivity index (χ3n) is 4.54. The molecule has 0 radical (unpaired) electrons. The second-order valence-electron chi connectivity index (χ2n) is 6.93. The normalized spacial score (nSPS) is 11.9. The van der Waals surface area contributed by atoms with Gasteiger partial charge in [-0.25, -0.2) is 4.39 Å². The molecule has 3 aromatic rings. The van der Waals surface area contributed by atoms with Crippen LogP contribution in [-0.4, -0.2) is 26.4 Å². The summed E-state index contributed by atoms with van der Waals surface area (Å²) < 4.78 is 21.7. The van der Waals surface area contributed by atoms with E-state index in [0.717, 1.165) is 11.3 Å². The first-order valence-corrected chi connectivity index (χ1v) is 10.7. The summed E-state index contributed by atoms with van der Waals surface area (Å²) in [7, 11) is 0. The molecular formula is C22H25FN4O2S. The van der Waals surface area contributed by atoms with Crippen LogP contribution in [0.15, 0.2) is 47.6 Å². The number of aryl methyl sites for hydroxylation is 2. The van der Waals surface area contributed by atoms with Gasteiger partial charge in [-0.15, -0.1) is 10.2 Å². The summed E-state index contributed by atoms with van der Waals surface area (Å²) in [5.41, 5.74) is 2.40. The maximum Gasteiger partial charge on any atom is 0.234 e. The Kier molecular flexibility index (Phi) is 7.10. The fourth-order valence-electron chi connectivity index (χ4n) is 3.06. The molecule has 0 saturated carbocycles. The zero-order chi connectivity index (χ0) is 21.7. The molecule has 158 valence electrons. The summed E-state index contributed by atoms with van der Waals surface area (Å²) in [5.74, 6) is 0.814. The number of thioether (sulfide) groups is 1. The van der Waals surface area contributed by atoms with Gasteiger partial charge in [-0.1, -0.05) is 41.6 Å². The first kappa shape index (κ1) is 21.8. The number of ether oxygens (including phenoxy) is 1. The minimum absolute atomic E-state index is 0.0960. The molecule has 2 aromatic carbocycles. The molecule has 0 fully saturated rings. The van der Waals surface area contributed by atoms with E-state index < -0.39 is 5.82 Å². The fourth-order valence-corrected chi connectivity index (χ4v) is 3.87. The zero-order valence-corrected chi connectivity index (χ0v) is 18.3. The number of hydrogen-bond donors (Lipinski definition) is 1. The van der Waals surface area contributed by atoms with E-state index in [1.54, 1.807) is 12.1 Å². The Labute approximate surface area is 179 Å². The number of halogens is 1. The van der Waals surface area contributed by atoms with Gasteiger partial charge in [0.15, 0.2) is 17.1 Å². The Bertz CT molecular complexity index is 1040. The smallest absolute Gasteiger partial charge is 0.234 e. The number of benzene rings is 2. The lowest BCUT2D eigenvalue weighted by Crippen LogP contribution is -2.16. The van der Waals surface area contributed by atoms with Crippen molar-refractivity contribution in [3.63, 3.8) is 0 Å². The number of amides is 1. The van der Waals surface area contributed by atoms with Crippen LogP contribution in [0.5, 0.6) is 5.75 Å². The highest BCUT2D eigenvalue weighted by Crippen LogP contribution is 2.27. The summed E-state index contributed by atoms with van der Waals surface area (Å²) in [5, 5.41) is 11.7. The molecule has 0 spiro atoms. The quantitative estimate of drug-likeness (QED) is 0.516. The van der Waals surface area contributed by atoms with Crippen molar-refractivity contribution in [3.05, 3.63) is 65.2 Å². The van der Waals surface area contributed by atoms with Crippen molar-refractivity contribution >= 4 is 23.4 Å². The lowest BCUT2D eigenvalue weighted by molar-refractivity contribution is -0.113. The van der Waals surface area contributed by atoms with Gasteiger partial charge in [0.05, 0.1) is 11.4 Å². The van der Waals surface area contributed by atoms with Crippen LogP contribution >= 0.6 is 11.8 Å². The van der Waals surface area contributed by atoms with Crippen molar-refractivity contribution in [1.29, 1.82) is 0 Å². The molecule has 1 amide bonds. The van der Waals surface area contributed by atoms with Crippen LogP contribution in [-0.2, 0) is 11.3 Å². The monoisotopic (exact) mass is 428 g/mol. The van der Waals surface area contributed by atoms with Crippen LogP contribution in [0.1, 0.15) is 36.9 Å². The second kappa shape index (κ2) is 9.75. The van der Waals surface area contributed by atoms with Crippen molar-refractivity contribution in [3.8, 4) is 5.75 Å². The molecule has 1 atom stereocenters. The van der Waals surface area contributed by atoms with Crippen LogP contribution in [0.2, 0.25) is 0 Å². The SMILES string of the molecule is CCn1c(SCC(=O)Nc2ccccc2F)nnc1C(C)Oc1ccc(C)cc1C. The molecule has 6 nitrogen and oxygen atoms in total. The third-order valence-corrected chi connectivity index (χ3v) is 5.51. The standard InChI is InChI=1S/C22H25FN4O2S/c1-5-27-21(16(4)29-19-11-10-14(2)12-15(19)3)25-26-22(27)30-13-20(28)24-18-9-7-6-8-17(18)23/h6-12,16H,5,13H2,1-4H3,(H,24,28). The van der Waals surface area contributed by atoms with Crippen molar-refractivity contribution < 1.29 is 13.9 Å². The van der Waals surface area contributed by atoms with Crippen molar-refractivity contribution in [2.75, 3.05) is 11.1 Å². The van der Waals surface area contributed by atoms with Crippen molar-refractivity contribution in [2.24, 2.45) is 0 Å². The maximum atomic E-state index is 13.7. The molecule has 0 bridgehead atoms. The number of hydrogen-bond acceptors (Lipinski definition) is 5. The Morgan fingerprint density at radius 1 is 1.23 bits per heavy atom. The highest BCUT2D eigenvalue weighted by molar-refractivity contribution is 7.99. The van der Waals surface area contributed by atoms with E-state index in [1.807, 2.05) is 44.4 Å². The Morgan fingerprint density at radius 3 is 2.70 bits per heavy atom. The molecule has 0 aliphatic carbocycles. The molecule has 3 rings (SSSR count). The van der Waals surface area contributed by atoms with E-state index in [4.69, 9.17) is 4.74 Å². The first-order valence-electron chi connectivity index (χ1n) is 9.73. The number of carbonyl (C=O) groups is 1. The van der Waals surface area contributed by atoms with Gasteiger partial charge in [0.2, 0.25) is 5.91 Å². The van der Waals surface area contributed by atoms with E-state index in [0.29, 0.717) is 17.5 Å². The van der Waals surface area contributed by atoms with Gasteiger partial charge < -0.3 is 14.6 Å². The highest BCUT2D eigenvalue weighted by Gasteiger charge is 2.20. The second-order valence-corrected chi connectivity index (χ2v) is 7.87. The average Bonchev–Trinajstić information content (AvgIpc) is 3.13. The summed E-state index contributed by atoms with van der Waals surface area (Å²) in [6.45, 7) is 8.60. The van der Waals surface area contributed by atoms with E-state index in [-0.39, 0.29) is 23.5 Å². The number of rotatable bonds is 8. The van der Waals surface area contributed by atoms with Crippen LogP contribution in [0.3, 0.4) is 0 Å². The minimum atomic E-state index is -0.466. The summed E-state index contributed by atoms with van der Waals surface area (Å²) in [4.78, 5) is 12.2. The Hall–Kier alpha value is -2.87. The highest BCUT2D eigenvalue weighted by atomic mass is 32.2. The van der Waals surface area contributed by atoms with Crippen LogP contribution in [0.4, 0.5) is 10.1 Å². The van der Waals surface area contributed by atoms with E-state index in [9.17, 15) is 9.18 Å². The number of carbonyl (C=O) groups excluding carboxylic acids is 1. The summed E-state index contributed by atoms with van der Waals surface area (Å²) >= 11 is 1.25. The van der Waals surface area contributed by atoms with Gasteiger partial charge in [0, 0.05) is 6.54 Å². The maximum absolute atomic E-state index is 13.7. The number of nitrogens with zero attached hydrogens (tertiary/aromatic N) is 3. The van der Waals surface area contributed by atoms with Crippen LogP contribution < -0.4 is 10.1 Å². The molecular weight excluding hydrogens is 403 g/mol. The number of aromatic nitrogens is 3. The number of anilines is 1. The lowest BCUT2D eigenvalue weighted by Gasteiger charge is -2.17. The summed E-state index contributed by atoms with van der Waals surface area (Å²) in [6, 6.07) is 12.1. The van der Waals surface area contributed by atoms with E-state index in [1.165, 1.54) is 29.5 Å². The van der Waals surface area contributed by atoms with E-state index in [2.05, 4.69) is 21.6 Å². The fraction of sp³-hybridized carbons (Fsp3) is 0.318. The van der Waals surface area contributed by atoms with Crippen LogP contribution in [0.25, 0.3) is 0 Å². The van der Waals surface area contributed by atoms with Gasteiger partial charge in [-0.2, -0.15) is 0 Å². The number of nitrogens with one attached hydrogen (secondary N) is 1. The topological polar surface area (TPSA) is 69.0 Å². The van der Waals surface area contributed by atoms with Crippen LogP contribution in [0, 0.1) is 19.7 Å². The Balaban J connectivity index is 1.66. The molecule has 1 heterocycles.